The quantitative estimate of drug-likeness (QED) is 0.292. The Hall–Kier alpha value is -1.40. The maximum Gasteiger partial charge on any atom is 0.291 e. The van der Waals surface area contributed by atoms with Crippen LogP contribution >= 0.6 is 0 Å². The smallest absolute Gasteiger partial charge is 0.291 e. The van der Waals surface area contributed by atoms with Gasteiger partial charge in [-0.2, -0.15) is 0 Å². The molecular weight excluding hydrogens is 156 g/mol. The van der Waals surface area contributed by atoms with Crippen LogP contribution in [0.5, 0.6) is 0 Å². The number of hydrogen-bond acceptors (Lipinski definition) is 5. The van der Waals surface area contributed by atoms with E-state index in [4.69, 9.17) is 15.3 Å². The van der Waals surface area contributed by atoms with Crippen LogP contribution in [0.3, 0.4) is 0 Å². The number of rotatable bonds is 4. The monoisotopic (exact) mass is 166 g/mol. The Labute approximate surface area is 63.0 Å². The summed E-state index contributed by atoms with van der Waals surface area (Å²) < 4.78 is 0. The van der Waals surface area contributed by atoms with E-state index in [1.165, 1.54) is 0 Å². The van der Waals surface area contributed by atoms with Crippen LogP contribution in [0.4, 0.5) is 0 Å². The van der Waals surface area contributed by atoms with E-state index in [0.717, 1.165) is 12.8 Å². The van der Waals surface area contributed by atoms with E-state index in [1.54, 1.807) is 0 Å². The van der Waals surface area contributed by atoms with Gasteiger partial charge in [0.25, 0.3) is 5.09 Å². The summed E-state index contributed by atoms with van der Waals surface area (Å²) >= 11 is 0. The molecule has 0 aliphatic heterocycles. The fourth-order valence-corrected chi connectivity index (χ4v) is 0.246. The highest BCUT2D eigenvalue weighted by Crippen LogP contribution is 1.86. The molecule has 0 rings (SSSR count). The lowest BCUT2D eigenvalue weighted by atomic mass is 10.4. The molecule has 0 aliphatic rings. The van der Waals surface area contributed by atoms with Crippen molar-refractivity contribution in [3.8, 4) is 0 Å². The predicted molar refractivity (Wildman–Crippen MR) is 35.4 cm³/mol. The molecule has 7 heteroatoms. The van der Waals surface area contributed by atoms with Gasteiger partial charge in [-0.25, -0.2) is 0 Å². The molecule has 1 N–H and O–H groups in total. The molecule has 0 spiro atoms. The van der Waals surface area contributed by atoms with Gasteiger partial charge < -0.3 is 10.0 Å². The molecule has 0 aliphatic carbocycles. The Bertz CT molecular complexity index is 103. The van der Waals surface area contributed by atoms with Gasteiger partial charge in [0.05, 0.1) is 0 Å². The molecule has 66 valence electrons. The average molecular weight is 166 g/mol. The van der Waals surface area contributed by atoms with Gasteiger partial charge in [-0.05, 0) is 6.42 Å². The van der Waals surface area contributed by atoms with Gasteiger partial charge in [0.1, 0.15) is 6.61 Å². The molecule has 0 aromatic carbocycles. The zero-order chi connectivity index (χ0) is 9.11. The Morgan fingerprint density at radius 2 is 2.18 bits per heavy atom. The average Bonchev–Trinajstić information content (AvgIpc) is 1.88. The second-order valence-corrected chi connectivity index (χ2v) is 1.50. The van der Waals surface area contributed by atoms with Gasteiger partial charge in [-0.3, -0.25) is 0 Å². The van der Waals surface area contributed by atoms with Gasteiger partial charge in [0.15, 0.2) is 5.34 Å². The van der Waals surface area contributed by atoms with E-state index in [9.17, 15) is 4.91 Å². The van der Waals surface area contributed by atoms with Gasteiger partial charge in [-0.1, -0.05) is 13.3 Å². The molecule has 7 nitrogen and oxygen atoms in total. The second kappa shape index (κ2) is 11.4. The largest absolute Gasteiger partial charge is 0.364 e. The van der Waals surface area contributed by atoms with Crippen molar-refractivity contribution in [2.24, 2.45) is 5.34 Å². The second-order valence-electron chi connectivity index (χ2n) is 1.50. The summed E-state index contributed by atoms with van der Waals surface area (Å²) in [6, 6.07) is 0. The summed E-state index contributed by atoms with van der Waals surface area (Å²) in [5.41, 5.74) is 0. The van der Waals surface area contributed by atoms with Crippen molar-refractivity contribution < 1.29 is 15.1 Å². The highest BCUT2D eigenvalue weighted by Gasteiger charge is 1.79. The Kier molecular flexibility index (Phi) is 12.7. The summed E-state index contributed by atoms with van der Waals surface area (Å²) in [6.45, 7) is 2.48. The molecule has 11 heavy (non-hydrogen) atoms. The first kappa shape index (κ1) is 12.3. The van der Waals surface area contributed by atoms with Gasteiger partial charge >= 0.3 is 0 Å². The zero-order valence-corrected chi connectivity index (χ0v) is 6.10. The van der Waals surface area contributed by atoms with Crippen LogP contribution in [-0.2, 0) is 4.84 Å². The standard InChI is InChI=1S/C4H9NO2.HNO3/c1-2-3-4-7-5-6;2-1(3)4/h2-4H2,1H3;(H,2,3,4). The molecule has 0 saturated heterocycles. The third kappa shape index (κ3) is 55.4. The van der Waals surface area contributed by atoms with Crippen LogP contribution in [0.2, 0.25) is 0 Å². The molecule has 0 bridgehead atoms. The van der Waals surface area contributed by atoms with E-state index in [2.05, 4.69) is 10.2 Å². The first-order chi connectivity index (χ1) is 5.15. The molecule has 0 aromatic rings. The zero-order valence-electron chi connectivity index (χ0n) is 6.10. The third-order valence-electron chi connectivity index (χ3n) is 0.642. The molecule has 0 amide bonds. The number of hydrogen-bond donors (Lipinski definition) is 1. The minimum absolute atomic E-state index is 0.458. The molecule has 0 aromatic heterocycles. The van der Waals surface area contributed by atoms with E-state index in [1.807, 2.05) is 6.92 Å². The lowest BCUT2D eigenvalue weighted by Crippen LogP contribution is -1.83. The van der Waals surface area contributed by atoms with Gasteiger partial charge in [-0.15, -0.1) is 15.0 Å². The third-order valence-corrected chi connectivity index (χ3v) is 0.642. The molecule has 0 atom stereocenters. The minimum atomic E-state index is -1.50. The van der Waals surface area contributed by atoms with Gasteiger partial charge in [0, 0.05) is 0 Å². The molecule has 0 saturated carbocycles. The van der Waals surface area contributed by atoms with Crippen LogP contribution < -0.4 is 0 Å². The van der Waals surface area contributed by atoms with Crippen molar-refractivity contribution in [3.05, 3.63) is 15.0 Å². The van der Waals surface area contributed by atoms with Crippen LogP contribution in [0.15, 0.2) is 5.34 Å². The fraction of sp³-hybridized carbons (Fsp3) is 1.00. The first-order valence-electron chi connectivity index (χ1n) is 2.93. The summed E-state index contributed by atoms with van der Waals surface area (Å²) in [5, 5.41) is 15.9. The van der Waals surface area contributed by atoms with E-state index >= 15 is 0 Å². The van der Waals surface area contributed by atoms with E-state index < -0.39 is 5.09 Å². The summed E-state index contributed by atoms with van der Waals surface area (Å²) in [6.07, 6.45) is 1.95. The molecule has 0 radical (unpaired) electrons. The molecular formula is C4H10N2O5. The molecule has 0 fully saturated rings. The van der Waals surface area contributed by atoms with E-state index in [-0.39, 0.29) is 0 Å². The normalized spacial score (nSPS) is 7.36. The Morgan fingerprint density at radius 1 is 1.73 bits per heavy atom. The number of unbranched alkanes of at least 4 members (excludes halogenated alkanes) is 1. The lowest BCUT2D eigenvalue weighted by molar-refractivity contribution is -0.742. The fourth-order valence-electron chi connectivity index (χ4n) is 0.246. The van der Waals surface area contributed by atoms with Crippen LogP contribution in [0.1, 0.15) is 19.8 Å². The Morgan fingerprint density at radius 3 is 2.45 bits per heavy atom. The topological polar surface area (TPSA) is 102 Å². The lowest BCUT2D eigenvalue weighted by Gasteiger charge is -1.88. The maximum atomic E-state index is 9.21. The molecule has 0 unspecified atom stereocenters. The summed E-state index contributed by atoms with van der Waals surface area (Å²) in [4.78, 5) is 21.7. The first-order valence-corrected chi connectivity index (χ1v) is 2.93. The summed E-state index contributed by atoms with van der Waals surface area (Å²) in [7, 11) is 0. The van der Waals surface area contributed by atoms with Crippen molar-refractivity contribution in [3.63, 3.8) is 0 Å². The highest BCUT2D eigenvalue weighted by atomic mass is 16.9. The van der Waals surface area contributed by atoms with Crippen LogP contribution in [0, 0.1) is 15.0 Å². The van der Waals surface area contributed by atoms with Crippen molar-refractivity contribution in [1.82, 2.24) is 0 Å². The van der Waals surface area contributed by atoms with Crippen LogP contribution in [-0.4, -0.2) is 16.9 Å². The van der Waals surface area contributed by atoms with E-state index in [0.29, 0.717) is 6.61 Å². The summed E-state index contributed by atoms with van der Waals surface area (Å²) in [5.74, 6) is 0. The SMILES string of the molecule is CCCCON=O.O=[N+]([O-])O. The Balaban J connectivity index is 0. The van der Waals surface area contributed by atoms with Gasteiger partial charge in [0.2, 0.25) is 0 Å². The highest BCUT2D eigenvalue weighted by molar-refractivity contribution is 4.26. The maximum absolute atomic E-state index is 9.21. The van der Waals surface area contributed by atoms with Crippen molar-refractivity contribution in [1.29, 1.82) is 0 Å². The van der Waals surface area contributed by atoms with Crippen molar-refractivity contribution in [2.75, 3.05) is 6.61 Å². The molecule has 0 heterocycles. The van der Waals surface area contributed by atoms with Crippen LogP contribution in [0.25, 0.3) is 0 Å². The van der Waals surface area contributed by atoms with Crippen molar-refractivity contribution >= 4 is 0 Å². The predicted octanol–water partition coefficient (Wildman–Crippen LogP) is 1.14. The van der Waals surface area contributed by atoms with Crippen molar-refractivity contribution in [2.45, 2.75) is 19.8 Å². The minimum Gasteiger partial charge on any atom is -0.364 e. The number of nitrogens with zero attached hydrogens (tertiary/aromatic N) is 2.